The second-order valence-corrected chi connectivity index (χ2v) is 4.91. The number of nitrogens with zero attached hydrogens (tertiary/aromatic N) is 1. The molecule has 0 radical (unpaired) electrons. The Kier molecular flexibility index (Phi) is 5.38. The Morgan fingerprint density at radius 3 is 2.80 bits per heavy atom. The van der Waals surface area contributed by atoms with E-state index >= 15 is 0 Å². The van der Waals surface area contributed by atoms with Crippen LogP contribution in [0.15, 0.2) is 24.3 Å². The minimum absolute atomic E-state index is 0.0105. The number of carbonyl (C=O) groups is 1. The first-order valence-electron chi connectivity index (χ1n) is 6.95. The van der Waals surface area contributed by atoms with Crippen LogP contribution in [0.3, 0.4) is 0 Å². The third kappa shape index (κ3) is 3.95. The van der Waals surface area contributed by atoms with Crippen LogP contribution in [0.2, 0.25) is 0 Å². The SMILES string of the molecule is COCCN(C(=O)COc1ccccc1CN)C1CC1. The van der Waals surface area contributed by atoms with Crippen LogP contribution in [-0.2, 0) is 16.1 Å². The molecule has 1 aromatic rings. The molecular formula is C15H22N2O3. The number of hydrogen-bond donors (Lipinski definition) is 1. The number of rotatable bonds is 8. The summed E-state index contributed by atoms with van der Waals surface area (Å²) in [6.07, 6.45) is 2.16. The largest absolute Gasteiger partial charge is 0.483 e. The predicted octanol–water partition coefficient (Wildman–Crippen LogP) is 1.16. The highest BCUT2D eigenvalue weighted by molar-refractivity contribution is 5.78. The van der Waals surface area contributed by atoms with Crippen molar-refractivity contribution in [1.29, 1.82) is 0 Å². The molecule has 0 heterocycles. The summed E-state index contributed by atoms with van der Waals surface area (Å²) in [6, 6.07) is 7.90. The first kappa shape index (κ1) is 14.8. The molecule has 1 aliphatic carbocycles. The van der Waals surface area contributed by atoms with Crippen LogP contribution in [-0.4, -0.2) is 43.7 Å². The van der Waals surface area contributed by atoms with Crippen molar-refractivity contribution in [3.8, 4) is 5.75 Å². The van der Waals surface area contributed by atoms with Gasteiger partial charge in [-0.25, -0.2) is 0 Å². The van der Waals surface area contributed by atoms with Gasteiger partial charge in [0.25, 0.3) is 5.91 Å². The first-order chi connectivity index (χ1) is 9.76. The summed E-state index contributed by atoms with van der Waals surface area (Å²) in [5, 5.41) is 0. The van der Waals surface area contributed by atoms with Gasteiger partial charge in [-0.1, -0.05) is 18.2 Å². The van der Waals surface area contributed by atoms with E-state index in [9.17, 15) is 4.79 Å². The van der Waals surface area contributed by atoms with Crippen LogP contribution in [0.25, 0.3) is 0 Å². The predicted molar refractivity (Wildman–Crippen MR) is 76.4 cm³/mol. The van der Waals surface area contributed by atoms with Gasteiger partial charge in [0, 0.05) is 31.8 Å². The number of ether oxygens (including phenoxy) is 2. The highest BCUT2D eigenvalue weighted by atomic mass is 16.5. The lowest BCUT2D eigenvalue weighted by Crippen LogP contribution is -2.39. The molecule has 0 atom stereocenters. The lowest BCUT2D eigenvalue weighted by atomic mass is 10.2. The van der Waals surface area contributed by atoms with E-state index in [-0.39, 0.29) is 12.5 Å². The Hall–Kier alpha value is -1.59. The Morgan fingerprint density at radius 1 is 1.40 bits per heavy atom. The molecule has 2 rings (SSSR count). The van der Waals surface area contributed by atoms with Crippen LogP contribution in [0.5, 0.6) is 5.75 Å². The zero-order valence-corrected chi connectivity index (χ0v) is 11.9. The summed E-state index contributed by atoms with van der Waals surface area (Å²) in [5.41, 5.74) is 6.56. The summed E-state index contributed by atoms with van der Waals surface area (Å²) >= 11 is 0. The average Bonchev–Trinajstić information content (AvgIpc) is 3.30. The number of amides is 1. The smallest absolute Gasteiger partial charge is 0.260 e. The van der Waals surface area contributed by atoms with Crippen molar-refractivity contribution < 1.29 is 14.3 Å². The van der Waals surface area contributed by atoms with Crippen LogP contribution in [0.4, 0.5) is 0 Å². The molecule has 110 valence electrons. The van der Waals surface area contributed by atoms with Crippen molar-refractivity contribution in [1.82, 2.24) is 4.90 Å². The molecule has 5 nitrogen and oxygen atoms in total. The summed E-state index contributed by atoms with van der Waals surface area (Å²) in [6.45, 7) is 1.64. The van der Waals surface area contributed by atoms with E-state index in [4.69, 9.17) is 15.2 Å². The molecule has 5 heteroatoms. The van der Waals surface area contributed by atoms with Gasteiger partial charge in [-0.2, -0.15) is 0 Å². The molecule has 2 N–H and O–H groups in total. The highest BCUT2D eigenvalue weighted by Gasteiger charge is 2.32. The van der Waals surface area contributed by atoms with E-state index < -0.39 is 0 Å². The van der Waals surface area contributed by atoms with Gasteiger partial charge in [-0.05, 0) is 18.9 Å². The standard InChI is InChI=1S/C15H22N2O3/c1-19-9-8-17(13-6-7-13)15(18)11-20-14-5-3-2-4-12(14)10-16/h2-5,13H,6-11,16H2,1H3. The number of hydrogen-bond acceptors (Lipinski definition) is 4. The van der Waals surface area contributed by atoms with E-state index in [1.807, 2.05) is 29.2 Å². The number of carbonyl (C=O) groups excluding carboxylic acids is 1. The number of nitrogens with two attached hydrogens (primary N) is 1. The second-order valence-electron chi connectivity index (χ2n) is 4.91. The second kappa shape index (κ2) is 7.26. The molecule has 1 aromatic carbocycles. The molecule has 1 saturated carbocycles. The Balaban J connectivity index is 1.89. The maximum absolute atomic E-state index is 12.2. The molecule has 1 fully saturated rings. The lowest BCUT2D eigenvalue weighted by Gasteiger charge is -2.22. The fraction of sp³-hybridized carbons (Fsp3) is 0.533. The molecule has 1 aliphatic rings. The molecule has 0 aromatic heterocycles. The average molecular weight is 278 g/mol. The fourth-order valence-electron chi connectivity index (χ4n) is 2.12. The number of methoxy groups -OCH3 is 1. The monoisotopic (exact) mass is 278 g/mol. The molecular weight excluding hydrogens is 256 g/mol. The molecule has 0 unspecified atom stereocenters. The van der Waals surface area contributed by atoms with E-state index in [1.54, 1.807) is 7.11 Å². The van der Waals surface area contributed by atoms with E-state index in [2.05, 4.69) is 0 Å². The molecule has 20 heavy (non-hydrogen) atoms. The molecule has 1 amide bonds. The van der Waals surface area contributed by atoms with Gasteiger partial charge < -0.3 is 20.1 Å². The summed E-state index contributed by atoms with van der Waals surface area (Å²) in [5.74, 6) is 0.696. The number of benzene rings is 1. The zero-order valence-electron chi connectivity index (χ0n) is 11.9. The minimum atomic E-state index is 0.0105. The highest BCUT2D eigenvalue weighted by Crippen LogP contribution is 2.27. The van der Waals surface area contributed by atoms with Gasteiger partial charge in [-0.3, -0.25) is 4.79 Å². The first-order valence-corrected chi connectivity index (χ1v) is 6.95. The van der Waals surface area contributed by atoms with E-state index in [0.29, 0.717) is 31.5 Å². The van der Waals surface area contributed by atoms with E-state index in [0.717, 1.165) is 18.4 Å². The quantitative estimate of drug-likeness (QED) is 0.775. The van der Waals surface area contributed by atoms with Crippen LogP contribution < -0.4 is 10.5 Å². The van der Waals surface area contributed by atoms with Crippen molar-refractivity contribution in [2.45, 2.75) is 25.4 Å². The molecule has 0 saturated heterocycles. The van der Waals surface area contributed by atoms with Gasteiger partial charge in [0.15, 0.2) is 6.61 Å². The lowest BCUT2D eigenvalue weighted by molar-refractivity contribution is -0.134. The van der Waals surface area contributed by atoms with Crippen molar-refractivity contribution in [2.24, 2.45) is 5.73 Å². The zero-order chi connectivity index (χ0) is 14.4. The maximum Gasteiger partial charge on any atom is 0.260 e. The fourth-order valence-corrected chi connectivity index (χ4v) is 2.12. The molecule has 0 bridgehead atoms. The van der Waals surface area contributed by atoms with Crippen molar-refractivity contribution >= 4 is 5.91 Å². The van der Waals surface area contributed by atoms with Gasteiger partial charge in [0.1, 0.15) is 5.75 Å². The maximum atomic E-state index is 12.2. The van der Waals surface area contributed by atoms with Crippen LogP contribution in [0.1, 0.15) is 18.4 Å². The van der Waals surface area contributed by atoms with Crippen molar-refractivity contribution in [2.75, 3.05) is 26.9 Å². The minimum Gasteiger partial charge on any atom is -0.483 e. The molecule has 0 aliphatic heterocycles. The molecule has 0 spiro atoms. The Morgan fingerprint density at radius 2 is 2.15 bits per heavy atom. The van der Waals surface area contributed by atoms with Crippen LogP contribution in [0, 0.1) is 0 Å². The Labute approximate surface area is 119 Å². The van der Waals surface area contributed by atoms with Crippen LogP contribution >= 0.6 is 0 Å². The number of para-hydroxylation sites is 1. The summed E-state index contributed by atoms with van der Waals surface area (Å²) < 4.78 is 10.7. The van der Waals surface area contributed by atoms with Crippen molar-refractivity contribution in [3.05, 3.63) is 29.8 Å². The normalized spacial score (nSPS) is 14.1. The van der Waals surface area contributed by atoms with Gasteiger partial charge >= 0.3 is 0 Å². The van der Waals surface area contributed by atoms with Crippen molar-refractivity contribution in [3.63, 3.8) is 0 Å². The Bertz CT molecular complexity index is 446. The van der Waals surface area contributed by atoms with E-state index in [1.165, 1.54) is 0 Å². The van der Waals surface area contributed by atoms with Gasteiger partial charge in [-0.15, -0.1) is 0 Å². The third-order valence-corrected chi connectivity index (χ3v) is 3.39. The van der Waals surface area contributed by atoms with Gasteiger partial charge in [0.05, 0.1) is 6.61 Å². The topological polar surface area (TPSA) is 64.8 Å². The summed E-state index contributed by atoms with van der Waals surface area (Å²) in [7, 11) is 1.64. The summed E-state index contributed by atoms with van der Waals surface area (Å²) in [4.78, 5) is 14.1. The van der Waals surface area contributed by atoms with Gasteiger partial charge in [0.2, 0.25) is 0 Å². The third-order valence-electron chi connectivity index (χ3n) is 3.39.